The average molecular weight is 234 g/mol. The van der Waals surface area contributed by atoms with Gasteiger partial charge in [0.05, 0.1) is 0 Å². The molecule has 0 aliphatic carbocycles. The van der Waals surface area contributed by atoms with Gasteiger partial charge >= 0.3 is 0 Å². The Balaban J connectivity index is 2.24. The van der Waals surface area contributed by atoms with Gasteiger partial charge in [-0.1, -0.05) is 11.8 Å². The van der Waals surface area contributed by atoms with Crippen molar-refractivity contribution in [2.24, 2.45) is 5.84 Å². The van der Waals surface area contributed by atoms with Gasteiger partial charge in [-0.3, -0.25) is 4.98 Å². The largest absolute Gasteiger partial charge is 0.368 e. The highest BCUT2D eigenvalue weighted by atomic mass is 32.2. The van der Waals surface area contributed by atoms with Crippen LogP contribution in [0, 0.1) is 0 Å². The van der Waals surface area contributed by atoms with Crippen LogP contribution in [0.5, 0.6) is 0 Å². The summed E-state index contributed by atoms with van der Waals surface area (Å²) in [6.07, 6.45) is 3.43. The summed E-state index contributed by atoms with van der Waals surface area (Å²) in [5.41, 5.74) is 7.98. The first-order valence-electron chi connectivity index (χ1n) is 4.47. The van der Waals surface area contributed by atoms with Crippen molar-refractivity contribution < 1.29 is 0 Å². The molecule has 2 heterocycles. The van der Waals surface area contributed by atoms with Crippen molar-refractivity contribution >= 4 is 23.5 Å². The van der Waals surface area contributed by atoms with Crippen LogP contribution in [0.2, 0.25) is 0 Å². The number of pyridine rings is 1. The standard InChI is InChI=1S/C9H10N6S/c10-9-13-7(15-11)5-8(14-9)16-6-1-3-12-4-2-6/h1-5H,11H2,(H3,10,13,14,15). The van der Waals surface area contributed by atoms with Crippen molar-refractivity contribution in [1.29, 1.82) is 0 Å². The molecule has 0 aliphatic rings. The molecule has 2 rings (SSSR count). The summed E-state index contributed by atoms with van der Waals surface area (Å²) in [5, 5.41) is 0.728. The number of hydrogen-bond donors (Lipinski definition) is 3. The Morgan fingerprint density at radius 1 is 1.19 bits per heavy atom. The van der Waals surface area contributed by atoms with E-state index in [4.69, 9.17) is 11.6 Å². The minimum Gasteiger partial charge on any atom is -0.368 e. The van der Waals surface area contributed by atoms with Gasteiger partial charge < -0.3 is 11.2 Å². The molecule has 0 bridgehead atoms. The molecule has 0 amide bonds. The summed E-state index contributed by atoms with van der Waals surface area (Å²) in [7, 11) is 0. The third kappa shape index (κ3) is 2.59. The zero-order valence-electron chi connectivity index (χ0n) is 8.29. The van der Waals surface area contributed by atoms with E-state index < -0.39 is 0 Å². The number of hydrogen-bond acceptors (Lipinski definition) is 7. The lowest BCUT2D eigenvalue weighted by Crippen LogP contribution is -2.10. The number of nitrogens with zero attached hydrogens (tertiary/aromatic N) is 3. The lowest BCUT2D eigenvalue weighted by molar-refractivity contribution is 1.05. The van der Waals surface area contributed by atoms with E-state index in [1.54, 1.807) is 18.5 Å². The van der Waals surface area contributed by atoms with E-state index in [0.29, 0.717) is 5.82 Å². The number of nitrogens with two attached hydrogens (primary N) is 2. The van der Waals surface area contributed by atoms with Crippen LogP contribution in [0.3, 0.4) is 0 Å². The van der Waals surface area contributed by atoms with Crippen molar-refractivity contribution in [3.63, 3.8) is 0 Å². The molecule has 2 aromatic heterocycles. The summed E-state index contributed by atoms with van der Waals surface area (Å²) in [6.45, 7) is 0. The molecule has 0 aromatic carbocycles. The fraction of sp³-hybridized carbons (Fsp3) is 0. The quantitative estimate of drug-likeness (QED) is 0.411. The molecule has 7 heteroatoms. The van der Waals surface area contributed by atoms with E-state index in [9.17, 15) is 0 Å². The highest BCUT2D eigenvalue weighted by molar-refractivity contribution is 7.99. The van der Waals surface area contributed by atoms with Gasteiger partial charge in [0.25, 0.3) is 0 Å². The van der Waals surface area contributed by atoms with Gasteiger partial charge in [-0.15, -0.1) is 0 Å². The Morgan fingerprint density at radius 3 is 2.62 bits per heavy atom. The molecule has 0 saturated heterocycles. The first-order valence-corrected chi connectivity index (χ1v) is 5.28. The molecule has 2 aromatic rings. The first-order chi connectivity index (χ1) is 7.78. The summed E-state index contributed by atoms with van der Waals surface area (Å²) >= 11 is 1.46. The van der Waals surface area contributed by atoms with Crippen LogP contribution in [-0.2, 0) is 0 Å². The predicted octanol–water partition coefficient (Wildman–Crippen LogP) is 0.891. The molecule has 5 N–H and O–H groups in total. The summed E-state index contributed by atoms with van der Waals surface area (Å²) in [6, 6.07) is 5.50. The maximum atomic E-state index is 5.55. The highest BCUT2D eigenvalue weighted by Crippen LogP contribution is 2.26. The van der Waals surface area contributed by atoms with Crippen LogP contribution in [0.1, 0.15) is 0 Å². The second-order valence-corrected chi connectivity index (χ2v) is 3.97. The SMILES string of the molecule is NNc1cc(Sc2ccncc2)nc(N)n1. The maximum absolute atomic E-state index is 5.55. The third-order valence-corrected chi connectivity index (χ3v) is 2.67. The number of nitrogen functional groups attached to an aromatic ring is 2. The Hall–Kier alpha value is -1.86. The van der Waals surface area contributed by atoms with Gasteiger partial charge in [-0.2, -0.15) is 4.98 Å². The Bertz CT molecular complexity index is 475. The van der Waals surface area contributed by atoms with E-state index in [0.717, 1.165) is 9.92 Å². The first kappa shape index (κ1) is 10.7. The Kier molecular flexibility index (Phi) is 3.18. The van der Waals surface area contributed by atoms with Gasteiger partial charge in [0.2, 0.25) is 5.95 Å². The summed E-state index contributed by atoms with van der Waals surface area (Å²) in [4.78, 5) is 12.9. The zero-order chi connectivity index (χ0) is 11.4. The molecular formula is C9H10N6S. The highest BCUT2D eigenvalue weighted by Gasteiger charge is 2.03. The average Bonchev–Trinajstić information content (AvgIpc) is 2.29. The van der Waals surface area contributed by atoms with Crippen molar-refractivity contribution in [3.8, 4) is 0 Å². The van der Waals surface area contributed by atoms with E-state index in [1.165, 1.54) is 11.8 Å². The van der Waals surface area contributed by atoms with Crippen molar-refractivity contribution in [1.82, 2.24) is 15.0 Å². The number of anilines is 2. The fourth-order valence-corrected chi connectivity index (χ4v) is 1.91. The number of nitrogens with one attached hydrogen (secondary N) is 1. The lowest BCUT2D eigenvalue weighted by atomic mass is 10.5. The minimum atomic E-state index is 0.187. The molecule has 0 atom stereocenters. The van der Waals surface area contributed by atoms with Crippen LogP contribution in [-0.4, -0.2) is 15.0 Å². The second-order valence-electron chi connectivity index (χ2n) is 2.88. The van der Waals surface area contributed by atoms with Gasteiger partial charge in [0.15, 0.2) is 0 Å². The third-order valence-electron chi connectivity index (χ3n) is 1.74. The van der Waals surface area contributed by atoms with Crippen LogP contribution in [0.15, 0.2) is 40.5 Å². The normalized spacial score (nSPS) is 10.1. The van der Waals surface area contributed by atoms with Gasteiger partial charge in [0, 0.05) is 23.4 Å². The lowest BCUT2D eigenvalue weighted by Gasteiger charge is -2.04. The monoisotopic (exact) mass is 234 g/mol. The topological polar surface area (TPSA) is 103 Å². The molecule has 0 unspecified atom stereocenters. The molecule has 0 fully saturated rings. The summed E-state index contributed by atoms with van der Waals surface area (Å²) in [5.74, 6) is 5.94. The second kappa shape index (κ2) is 4.77. The van der Waals surface area contributed by atoms with Gasteiger partial charge in [-0.25, -0.2) is 10.8 Å². The van der Waals surface area contributed by atoms with Crippen molar-refractivity contribution in [3.05, 3.63) is 30.6 Å². The predicted molar refractivity (Wildman–Crippen MR) is 62.6 cm³/mol. The smallest absolute Gasteiger partial charge is 0.223 e. The van der Waals surface area contributed by atoms with E-state index in [-0.39, 0.29) is 5.95 Å². The molecule has 0 aliphatic heterocycles. The van der Waals surface area contributed by atoms with E-state index in [1.807, 2.05) is 12.1 Å². The zero-order valence-corrected chi connectivity index (χ0v) is 9.11. The summed E-state index contributed by atoms with van der Waals surface area (Å²) < 4.78 is 0. The van der Waals surface area contributed by atoms with Crippen LogP contribution >= 0.6 is 11.8 Å². The Morgan fingerprint density at radius 2 is 1.94 bits per heavy atom. The minimum absolute atomic E-state index is 0.187. The molecular weight excluding hydrogens is 224 g/mol. The van der Waals surface area contributed by atoms with Crippen molar-refractivity contribution in [2.75, 3.05) is 11.2 Å². The maximum Gasteiger partial charge on any atom is 0.223 e. The van der Waals surface area contributed by atoms with Crippen LogP contribution < -0.4 is 17.0 Å². The number of hydrazine groups is 1. The van der Waals surface area contributed by atoms with Crippen LogP contribution in [0.4, 0.5) is 11.8 Å². The van der Waals surface area contributed by atoms with Gasteiger partial charge in [0.1, 0.15) is 10.8 Å². The van der Waals surface area contributed by atoms with E-state index in [2.05, 4.69) is 20.4 Å². The Labute approximate surface area is 96.5 Å². The molecule has 82 valence electrons. The van der Waals surface area contributed by atoms with E-state index >= 15 is 0 Å². The molecule has 0 radical (unpaired) electrons. The molecule has 16 heavy (non-hydrogen) atoms. The molecule has 0 spiro atoms. The number of aromatic nitrogens is 3. The van der Waals surface area contributed by atoms with Crippen molar-refractivity contribution in [2.45, 2.75) is 9.92 Å². The molecule has 6 nitrogen and oxygen atoms in total. The van der Waals surface area contributed by atoms with Crippen LogP contribution in [0.25, 0.3) is 0 Å². The molecule has 0 saturated carbocycles. The number of rotatable bonds is 3. The van der Waals surface area contributed by atoms with Gasteiger partial charge in [-0.05, 0) is 12.1 Å². The fourth-order valence-electron chi connectivity index (χ4n) is 1.10.